The molecule has 0 radical (unpaired) electrons. The van der Waals surface area contributed by atoms with Gasteiger partial charge in [0.2, 0.25) is 0 Å². The molecule has 0 amide bonds. The average molecular weight is 465 g/mol. The largest absolute Gasteiger partial charge is 0.466 e. The summed E-state index contributed by atoms with van der Waals surface area (Å²) in [6.45, 7) is 5.38. The Morgan fingerprint density at radius 3 is 2.15 bits per heavy atom. The van der Waals surface area contributed by atoms with Gasteiger partial charge < -0.3 is 19.4 Å². The van der Waals surface area contributed by atoms with Crippen molar-refractivity contribution in [3.63, 3.8) is 0 Å². The van der Waals surface area contributed by atoms with Crippen molar-refractivity contribution in [2.24, 2.45) is 0 Å². The normalized spacial score (nSPS) is 17.1. The van der Waals surface area contributed by atoms with E-state index < -0.39 is 24.1 Å². The number of nitrogens with one attached hydrogen (secondary N) is 1. The number of carbonyl (C=O) groups is 2. The van der Waals surface area contributed by atoms with Crippen molar-refractivity contribution >= 4 is 34.3 Å². The highest BCUT2D eigenvalue weighted by atomic mass is 35.5. The summed E-state index contributed by atoms with van der Waals surface area (Å²) in [6.07, 6.45) is 3.32. The lowest BCUT2D eigenvalue weighted by Gasteiger charge is -2.31. The Morgan fingerprint density at radius 1 is 0.970 bits per heavy atom. The fraction of sp³-hybridized carbons (Fsp3) is 0.231. The highest BCUT2D eigenvalue weighted by Crippen LogP contribution is 2.40. The summed E-state index contributed by atoms with van der Waals surface area (Å²) in [5.74, 6) is -1.72. The molecule has 1 N–H and O–H groups in total. The van der Waals surface area contributed by atoms with Gasteiger partial charge in [-0.3, -0.25) is 0 Å². The van der Waals surface area contributed by atoms with Gasteiger partial charge in [0.05, 0.1) is 24.2 Å². The summed E-state index contributed by atoms with van der Waals surface area (Å²) >= 11 is 6.24. The molecule has 4 rings (SSSR count). The lowest BCUT2D eigenvalue weighted by Crippen LogP contribution is -2.32. The minimum absolute atomic E-state index is 0.340. The Hall–Kier alpha value is -3.51. The monoisotopic (exact) mass is 464 g/mol. The van der Waals surface area contributed by atoms with Crippen molar-refractivity contribution in [2.75, 3.05) is 7.11 Å². The number of hydrogen-bond donors (Lipinski definition) is 1. The van der Waals surface area contributed by atoms with Crippen LogP contribution >= 0.6 is 11.6 Å². The molecule has 2 atom stereocenters. The molecule has 170 valence electrons. The SMILES string of the molecule is COC(=O)C1=C(C)NC(C)=C(C(=O)OC(C)n2cc3ccccc3c2)C1c1cccc(Cl)c1. The Morgan fingerprint density at radius 2 is 1.58 bits per heavy atom. The molecule has 0 saturated carbocycles. The fourth-order valence-corrected chi connectivity index (χ4v) is 4.46. The van der Waals surface area contributed by atoms with Gasteiger partial charge in [-0.1, -0.05) is 48.0 Å². The third-order valence-corrected chi connectivity index (χ3v) is 6.07. The van der Waals surface area contributed by atoms with Crippen molar-refractivity contribution in [3.05, 3.63) is 94.1 Å². The maximum absolute atomic E-state index is 13.5. The van der Waals surface area contributed by atoms with E-state index in [4.69, 9.17) is 21.1 Å². The molecule has 33 heavy (non-hydrogen) atoms. The fourth-order valence-electron chi connectivity index (χ4n) is 4.26. The lowest BCUT2D eigenvalue weighted by atomic mass is 9.80. The molecule has 6 nitrogen and oxygen atoms in total. The first kappa shape index (κ1) is 22.7. The highest BCUT2D eigenvalue weighted by molar-refractivity contribution is 6.30. The summed E-state index contributed by atoms with van der Waals surface area (Å²) in [5, 5.41) is 5.76. The first-order valence-corrected chi connectivity index (χ1v) is 11.0. The number of aromatic nitrogens is 1. The van der Waals surface area contributed by atoms with Crippen LogP contribution in [0.4, 0.5) is 0 Å². The molecule has 7 heteroatoms. The Kier molecular flexibility index (Phi) is 6.29. The van der Waals surface area contributed by atoms with Crippen LogP contribution in [-0.4, -0.2) is 23.6 Å². The van der Waals surface area contributed by atoms with Gasteiger partial charge in [0.1, 0.15) is 0 Å². The van der Waals surface area contributed by atoms with Crippen molar-refractivity contribution in [2.45, 2.75) is 32.9 Å². The smallest absolute Gasteiger partial charge is 0.338 e. The molecule has 2 heterocycles. The molecular weight excluding hydrogens is 440 g/mol. The minimum atomic E-state index is -0.680. The predicted molar refractivity (Wildman–Crippen MR) is 127 cm³/mol. The molecular formula is C26H25ClN2O4. The van der Waals surface area contributed by atoms with Gasteiger partial charge in [0, 0.05) is 28.8 Å². The third-order valence-electron chi connectivity index (χ3n) is 5.84. The second-order valence-corrected chi connectivity index (χ2v) is 8.46. The van der Waals surface area contributed by atoms with E-state index in [2.05, 4.69) is 5.32 Å². The highest BCUT2D eigenvalue weighted by Gasteiger charge is 2.38. The van der Waals surface area contributed by atoms with Crippen LogP contribution in [0.25, 0.3) is 10.8 Å². The van der Waals surface area contributed by atoms with Crippen molar-refractivity contribution < 1.29 is 19.1 Å². The lowest BCUT2D eigenvalue weighted by molar-refractivity contribution is -0.148. The zero-order valence-corrected chi connectivity index (χ0v) is 19.6. The van der Waals surface area contributed by atoms with Crippen LogP contribution < -0.4 is 5.32 Å². The number of fused-ring (bicyclic) bond motifs is 1. The molecule has 3 aromatic rings. The Labute approximate surface area is 197 Å². The summed E-state index contributed by atoms with van der Waals surface area (Å²) in [7, 11) is 1.32. The molecule has 0 fully saturated rings. The van der Waals surface area contributed by atoms with E-state index in [1.165, 1.54) is 7.11 Å². The van der Waals surface area contributed by atoms with Gasteiger partial charge in [-0.25, -0.2) is 9.59 Å². The quantitative estimate of drug-likeness (QED) is 0.507. The summed E-state index contributed by atoms with van der Waals surface area (Å²) in [4.78, 5) is 26.2. The van der Waals surface area contributed by atoms with Gasteiger partial charge in [0.25, 0.3) is 0 Å². The summed E-state index contributed by atoms with van der Waals surface area (Å²) < 4.78 is 12.8. The first-order valence-electron chi connectivity index (χ1n) is 10.6. The molecule has 0 aliphatic carbocycles. The van der Waals surface area contributed by atoms with Gasteiger partial charge in [0.15, 0.2) is 6.23 Å². The van der Waals surface area contributed by atoms with Crippen LogP contribution in [0, 0.1) is 0 Å². The Bertz CT molecular complexity index is 1270. The third kappa shape index (κ3) is 4.39. The number of esters is 2. The molecule has 1 aromatic heterocycles. The Balaban J connectivity index is 1.72. The van der Waals surface area contributed by atoms with Crippen LogP contribution in [0.2, 0.25) is 5.02 Å². The number of allylic oxidation sites excluding steroid dienone is 2. The van der Waals surface area contributed by atoms with Gasteiger partial charge in [-0.2, -0.15) is 0 Å². The number of halogens is 1. The van der Waals surface area contributed by atoms with Crippen LogP contribution in [0.15, 0.2) is 83.5 Å². The average Bonchev–Trinajstić information content (AvgIpc) is 3.22. The van der Waals surface area contributed by atoms with E-state index in [-0.39, 0.29) is 0 Å². The molecule has 2 unspecified atom stereocenters. The molecule has 1 aliphatic rings. The number of benzene rings is 2. The second kappa shape index (κ2) is 9.16. The number of methoxy groups -OCH3 is 1. The predicted octanol–water partition coefficient (Wildman–Crippen LogP) is 5.46. The zero-order chi connectivity index (χ0) is 23.7. The minimum Gasteiger partial charge on any atom is -0.466 e. The number of ether oxygens (including phenoxy) is 2. The number of hydrogen-bond acceptors (Lipinski definition) is 5. The van der Waals surface area contributed by atoms with Gasteiger partial charge >= 0.3 is 11.9 Å². The van der Waals surface area contributed by atoms with E-state index in [1.807, 2.05) is 47.3 Å². The summed E-state index contributed by atoms with van der Waals surface area (Å²) in [5.41, 5.74) is 2.61. The van der Waals surface area contributed by atoms with Crippen LogP contribution in [0.3, 0.4) is 0 Å². The van der Waals surface area contributed by atoms with Crippen molar-refractivity contribution in [1.82, 2.24) is 9.88 Å². The topological polar surface area (TPSA) is 69.6 Å². The van der Waals surface area contributed by atoms with Gasteiger partial charge in [-0.05, 0) is 49.2 Å². The van der Waals surface area contributed by atoms with E-state index >= 15 is 0 Å². The zero-order valence-electron chi connectivity index (χ0n) is 18.9. The molecule has 1 aliphatic heterocycles. The summed E-state index contributed by atoms with van der Waals surface area (Å²) in [6, 6.07) is 15.0. The number of rotatable bonds is 5. The van der Waals surface area contributed by atoms with Gasteiger partial charge in [-0.15, -0.1) is 0 Å². The van der Waals surface area contributed by atoms with Crippen LogP contribution in [0.5, 0.6) is 0 Å². The number of dihydropyridines is 1. The molecule has 0 spiro atoms. The molecule has 2 aromatic carbocycles. The van der Waals surface area contributed by atoms with E-state index in [0.29, 0.717) is 33.1 Å². The van der Waals surface area contributed by atoms with E-state index in [9.17, 15) is 9.59 Å². The standard InChI is InChI=1S/C26H25ClN2O4/c1-15-22(25(30)32-4)24(18-10-7-11-21(27)12-18)23(16(2)28-15)26(31)33-17(3)29-13-19-8-5-6-9-20(19)14-29/h5-14,17,24,28H,1-4H3. The van der Waals surface area contributed by atoms with Crippen LogP contribution in [-0.2, 0) is 19.1 Å². The molecule has 0 saturated heterocycles. The maximum atomic E-state index is 13.5. The van der Waals surface area contributed by atoms with Crippen LogP contribution in [0.1, 0.15) is 38.5 Å². The second-order valence-electron chi connectivity index (χ2n) is 8.02. The number of carbonyl (C=O) groups excluding carboxylic acids is 2. The van der Waals surface area contributed by atoms with E-state index in [0.717, 1.165) is 10.8 Å². The number of nitrogens with zero attached hydrogens (tertiary/aromatic N) is 1. The van der Waals surface area contributed by atoms with Crippen molar-refractivity contribution in [3.8, 4) is 0 Å². The van der Waals surface area contributed by atoms with Crippen molar-refractivity contribution in [1.29, 1.82) is 0 Å². The van der Waals surface area contributed by atoms with E-state index in [1.54, 1.807) is 39.0 Å². The first-order chi connectivity index (χ1) is 15.8. The molecule has 0 bridgehead atoms. The maximum Gasteiger partial charge on any atom is 0.338 e.